The molecule has 2 aromatic heterocycles. The van der Waals surface area contributed by atoms with Crippen molar-refractivity contribution in [1.82, 2.24) is 19.9 Å². The van der Waals surface area contributed by atoms with Gasteiger partial charge in [-0.25, -0.2) is 19.7 Å². The smallest absolute Gasteiger partial charge is 0.412 e. The fourth-order valence-corrected chi connectivity index (χ4v) is 3.38. The summed E-state index contributed by atoms with van der Waals surface area (Å²) < 4.78 is 5.02. The van der Waals surface area contributed by atoms with Crippen LogP contribution in [-0.2, 0) is 4.74 Å². The first-order valence-electron chi connectivity index (χ1n) is 11.4. The van der Waals surface area contributed by atoms with Gasteiger partial charge in [-0.1, -0.05) is 48.4 Å². The molecule has 2 N–H and O–H groups in total. The average Bonchev–Trinajstić information content (AvgIpc) is 2.83. The van der Waals surface area contributed by atoms with Crippen LogP contribution < -0.4 is 10.6 Å². The summed E-state index contributed by atoms with van der Waals surface area (Å²) in [5, 5.41) is 6.07. The molecule has 180 valence electrons. The summed E-state index contributed by atoms with van der Waals surface area (Å²) in [7, 11) is 4.00. The SMILES string of the molecule is C#C/C=C(\C=C/C)c1nc2c(NCCN(C)C)cc(NC(=O)OCC)nc2nc1-c1ccccc1. The summed E-state index contributed by atoms with van der Waals surface area (Å²) in [5.41, 5.74) is 4.56. The number of fused-ring (bicyclic) bond motifs is 1. The number of nitrogens with zero attached hydrogens (tertiary/aromatic N) is 4. The van der Waals surface area contributed by atoms with Crippen LogP contribution in [0, 0.1) is 12.3 Å². The number of pyridine rings is 1. The van der Waals surface area contributed by atoms with E-state index in [9.17, 15) is 4.79 Å². The molecule has 0 saturated heterocycles. The molecule has 8 nitrogen and oxygen atoms in total. The number of ether oxygens (including phenoxy) is 1. The van der Waals surface area contributed by atoms with Crippen molar-refractivity contribution < 1.29 is 9.53 Å². The Bertz CT molecular complexity index is 1280. The summed E-state index contributed by atoms with van der Waals surface area (Å²) in [5.74, 6) is 2.92. The van der Waals surface area contributed by atoms with E-state index in [-0.39, 0.29) is 6.61 Å². The van der Waals surface area contributed by atoms with Gasteiger partial charge < -0.3 is 15.0 Å². The van der Waals surface area contributed by atoms with Gasteiger partial charge in [-0.2, -0.15) is 0 Å². The van der Waals surface area contributed by atoms with Crippen LogP contribution in [-0.4, -0.2) is 59.7 Å². The number of allylic oxidation sites excluding steroid dienone is 4. The molecule has 35 heavy (non-hydrogen) atoms. The second-order valence-corrected chi connectivity index (χ2v) is 7.86. The lowest BCUT2D eigenvalue weighted by Crippen LogP contribution is -2.21. The Morgan fingerprint density at radius 1 is 1.20 bits per heavy atom. The highest BCUT2D eigenvalue weighted by Gasteiger charge is 2.18. The van der Waals surface area contributed by atoms with Gasteiger partial charge in [-0.3, -0.25) is 5.32 Å². The number of aromatic nitrogens is 3. The number of benzene rings is 1. The number of carbonyl (C=O) groups excluding carboxylic acids is 1. The lowest BCUT2D eigenvalue weighted by atomic mass is 10.0. The normalized spacial score (nSPS) is 11.6. The number of nitrogens with one attached hydrogen (secondary N) is 2. The predicted octanol–water partition coefficient (Wildman–Crippen LogP) is 4.83. The molecule has 0 atom stereocenters. The predicted molar refractivity (Wildman–Crippen MR) is 142 cm³/mol. The molecule has 8 heteroatoms. The van der Waals surface area contributed by atoms with Crippen molar-refractivity contribution in [3.8, 4) is 23.6 Å². The van der Waals surface area contributed by atoms with Gasteiger partial charge in [-0.05, 0) is 34.0 Å². The monoisotopic (exact) mass is 470 g/mol. The second kappa shape index (κ2) is 12.3. The van der Waals surface area contributed by atoms with Crippen LogP contribution in [0.25, 0.3) is 28.0 Å². The number of terminal acetylenes is 1. The molecular weight excluding hydrogens is 440 g/mol. The van der Waals surface area contributed by atoms with E-state index in [0.717, 1.165) is 17.7 Å². The maximum absolute atomic E-state index is 12.1. The van der Waals surface area contributed by atoms with Gasteiger partial charge >= 0.3 is 6.09 Å². The van der Waals surface area contributed by atoms with E-state index < -0.39 is 6.09 Å². The molecule has 0 spiro atoms. The summed E-state index contributed by atoms with van der Waals surface area (Å²) in [4.78, 5) is 28.6. The van der Waals surface area contributed by atoms with Crippen LogP contribution in [0.15, 0.2) is 54.6 Å². The van der Waals surface area contributed by atoms with Gasteiger partial charge in [0.1, 0.15) is 11.3 Å². The molecular formula is C27H30N6O2. The van der Waals surface area contributed by atoms with E-state index in [1.165, 1.54) is 0 Å². The Hall–Kier alpha value is -4.22. The molecule has 0 fully saturated rings. The van der Waals surface area contributed by atoms with E-state index in [2.05, 4.69) is 26.4 Å². The van der Waals surface area contributed by atoms with E-state index in [1.54, 1.807) is 19.1 Å². The topological polar surface area (TPSA) is 92.3 Å². The Morgan fingerprint density at radius 3 is 2.63 bits per heavy atom. The highest BCUT2D eigenvalue weighted by molar-refractivity contribution is 5.94. The molecule has 1 aromatic carbocycles. The fourth-order valence-electron chi connectivity index (χ4n) is 3.38. The maximum Gasteiger partial charge on any atom is 0.412 e. The molecule has 0 unspecified atom stereocenters. The zero-order chi connectivity index (χ0) is 25.2. The Labute approximate surface area is 206 Å². The number of amides is 1. The van der Waals surface area contributed by atoms with Crippen LogP contribution in [0.1, 0.15) is 19.5 Å². The van der Waals surface area contributed by atoms with Gasteiger partial charge in [0.15, 0.2) is 5.65 Å². The van der Waals surface area contributed by atoms with E-state index in [1.807, 2.05) is 63.5 Å². The third-order valence-corrected chi connectivity index (χ3v) is 4.93. The van der Waals surface area contributed by atoms with Gasteiger partial charge in [0, 0.05) is 30.3 Å². The fraction of sp³-hybridized carbons (Fsp3) is 0.259. The van der Waals surface area contributed by atoms with Crippen LogP contribution in [0.4, 0.5) is 16.3 Å². The molecule has 0 aliphatic heterocycles. The molecule has 0 aliphatic rings. The first-order chi connectivity index (χ1) is 17.0. The van der Waals surface area contributed by atoms with Crippen LogP contribution in [0.3, 0.4) is 0 Å². The van der Waals surface area contributed by atoms with E-state index in [4.69, 9.17) is 21.1 Å². The molecule has 3 aromatic rings. The number of rotatable bonds is 9. The van der Waals surface area contributed by atoms with Crippen molar-refractivity contribution in [2.75, 3.05) is 44.4 Å². The van der Waals surface area contributed by atoms with Gasteiger partial charge in [0.2, 0.25) is 0 Å². The zero-order valence-corrected chi connectivity index (χ0v) is 20.5. The van der Waals surface area contributed by atoms with Gasteiger partial charge in [0.05, 0.1) is 23.7 Å². The lowest BCUT2D eigenvalue weighted by molar-refractivity contribution is 0.168. The second-order valence-electron chi connectivity index (χ2n) is 7.86. The van der Waals surface area contributed by atoms with Gasteiger partial charge in [-0.15, -0.1) is 6.42 Å². The third kappa shape index (κ3) is 6.65. The lowest BCUT2D eigenvalue weighted by Gasteiger charge is -2.16. The van der Waals surface area contributed by atoms with Crippen molar-refractivity contribution in [3.63, 3.8) is 0 Å². The van der Waals surface area contributed by atoms with Crippen molar-refractivity contribution >= 4 is 34.3 Å². The molecule has 0 aliphatic carbocycles. The van der Waals surface area contributed by atoms with E-state index >= 15 is 0 Å². The number of carbonyl (C=O) groups is 1. The molecule has 0 saturated carbocycles. The number of anilines is 2. The maximum atomic E-state index is 12.1. The molecule has 0 bridgehead atoms. The Morgan fingerprint density at radius 2 is 1.97 bits per heavy atom. The minimum atomic E-state index is -0.584. The van der Waals surface area contributed by atoms with Crippen LogP contribution in [0.5, 0.6) is 0 Å². The molecule has 3 rings (SSSR count). The zero-order valence-electron chi connectivity index (χ0n) is 20.5. The summed E-state index contributed by atoms with van der Waals surface area (Å²) in [6, 6.07) is 11.5. The number of hydrogen-bond donors (Lipinski definition) is 2. The molecule has 0 radical (unpaired) electrons. The largest absolute Gasteiger partial charge is 0.450 e. The van der Waals surface area contributed by atoms with E-state index in [0.29, 0.717) is 40.6 Å². The van der Waals surface area contributed by atoms with Crippen molar-refractivity contribution in [2.24, 2.45) is 0 Å². The highest BCUT2D eigenvalue weighted by Crippen LogP contribution is 2.31. The summed E-state index contributed by atoms with van der Waals surface area (Å²) >= 11 is 0. The standard InChI is InChI=1S/C27H30N6O2/c1-6-12-19(13-7-2)23-24(20-14-10-9-11-15-20)32-26-25(31-23)21(28-16-17-33(4)5)18-22(29-26)30-27(34)35-8-3/h1,7,9-15,18H,8,16-17H2,2-5H3,(H2,28,29,30,32,34)/b13-7-,19-12+. The minimum Gasteiger partial charge on any atom is -0.450 e. The number of likely N-dealkylation sites (N-methyl/N-ethyl adjacent to an activating group) is 1. The summed E-state index contributed by atoms with van der Waals surface area (Å²) in [6.07, 6.45) is 10.5. The quantitative estimate of drug-likeness (QED) is 0.342. The first-order valence-corrected chi connectivity index (χ1v) is 11.4. The Balaban J connectivity index is 2.26. The molecule has 1 amide bonds. The minimum absolute atomic E-state index is 0.254. The first kappa shape index (κ1) is 25.4. The summed E-state index contributed by atoms with van der Waals surface area (Å²) in [6.45, 7) is 5.37. The van der Waals surface area contributed by atoms with Crippen LogP contribution in [0.2, 0.25) is 0 Å². The third-order valence-electron chi connectivity index (χ3n) is 4.93. The van der Waals surface area contributed by atoms with Crippen LogP contribution >= 0.6 is 0 Å². The van der Waals surface area contributed by atoms with Crippen molar-refractivity contribution in [3.05, 3.63) is 60.3 Å². The number of hydrogen-bond acceptors (Lipinski definition) is 7. The van der Waals surface area contributed by atoms with Crippen molar-refractivity contribution in [1.29, 1.82) is 0 Å². The molecule has 2 heterocycles. The average molecular weight is 471 g/mol. The highest BCUT2D eigenvalue weighted by atomic mass is 16.5. The van der Waals surface area contributed by atoms with Crippen molar-refractivity contribution in [2.45, 2.75) is 13.8 Å². The van der Waals surface area contributed by atoms with Gasteiger partial charge in [0.25, 0.3) is 0 Å². The Kier molecular flexibility index (Phi) is 8.93.